The summed E-state index contributed by atoms with van der Waals surface area (Å²) in [6.07, 6.45) is 8.39. The van der Waals surface area contributed by atoms with Crippen LogP contribution < -0.4 is 0 Å². The average molecular weight is 329 g/mol. The molecule has 0 unspecified atom stereocenters. The van der Waals surface area contributed by atoms with Crippen molar-refractivity contribution < 1.29 is 0 Å². The SMILES string of the molecule is N#C/C(=C\C1CCCCC1)c1nc(-c2ccc(Cl)cc2)cs1. The molecule has 0 saturated heterocycles. The monoisotopic (exact) mass is 328 g/mol. The van der Waals surface area contributed by atoms with Crippen molar-refractivity contribution in [2.45, 2.75) is 32.1 Å². The van der Waals surface area contributed by atoms with E-state index in [9.17, 15) is 5.26 Å². The molecule has 3 rings (SSSR count). The number of rotatable bonds is 3. The lowest BCUT2D eigenvalue weighted by molar-refractivity contribution is 0.420. The van der Waals surface area contributed by atoms with E-state index in [1.54, 1.807) is 0 Å². The van der Waals surface area contributed by atoms with Gasteiger partial charge in [-0.25, -0.2) is 4.98 Å². The minimum absolute atomic E-state index is 0.534. The minimum atomic E-state index is 0.534. The summed E-state index contributed by atoms with van der Waals surface area (Å²) in [5.41, 5.74) is 2.65. The number of allylic oxidation sites excluding steroid dienone is 2. The van der Waals surface area contributed by atoms with E-state index in [1.807, 2.05) is 29.6 Å². The molecule has 2 aromatic rings. The zero-order chi connectivity index (χ0) is 15.4. The number of hydrogen-bond acceptors (Lipinski definition) is 3. The second-order valence-corrected chi connectivity index (χ2v) is 6.93. The van der Waals surface area contributed by atoms with Gasteiger partial charge in [-0.05, 0) is 30.9 Å². The Morgan fingerprint density at radius 3 is 2.64 bits per heavy atom. The van der Waals surface area contributed by atoms with Crippen molar-refractivity contribution in [1.82, 2.24) is 4.98 Å². The van der Waals surface area contributed by atoms with Crippen molar-refractivity contribution in [1.29, 1.82) is 5.26 Å². The number of thiazole rings is 1. The number of nitrogens with zero attached hydrogens (tertiary/aromatic N) is 2. The van der Waals surface area contributed by atoms with Crippen molar-refractivity contribution >= 4 is 28.5 Å². The molecular formula is C18H17ClN2S. The van der Waals surface area contributed by atoms with Gasteiger partial charge in [0, 0.05) is 16.0 Å². The molecule has 0 aliphatic heterocycles. The van der Waals surface area contributed by atoms with Gasteiger partial charge in [-0.2, -0.15) is 5.26 Å². The zero-order valence-corrected chi connectivity index (χ0v) is 13.8. The highest BCUT2D eigenvalue weighted by atomic mass is 35.5. The molecule has 0 amide bonds. The molecule has 1 aromatic heterocycles. The molecule has 1 aliphatic carbocycles. The zero-order valence-electron chi connectivity index (χ0n) is 12.3. The van der Waals surface area contributed by atoms with E-state index in [4.69, 9.17) is 11.6 Å². The first-order valence-electron chi connectivity index (χ1n) is 7.60. The van der Waals surface area contributed by atoms with Crippen LogP contribution in [0.4, 0.5) is 0 Å². The summed E-state index contributed by atoms with van der Waals surface area (Å²) in [6, 6.07) is 9.96. The van der Waals surface area contributed by atoms with Crippen LogP contribution >= 0.6 is 22.9 Å². The number of benzene rings is 1. The lowest BCUT2D eigenvalue weighted by Gasteiger charge is -2.18. The third-order valence-electron chi connectivity index (χ3n) is 4.05. The van der Waals surface area contributed by atoms with Gasteiger partial charge in [0.15, 0.2) is 0 Å². The van der Waals surface area contributed by atoms with E-state index in [1.165, 1.54) is 43.4 Å². The fourth-order valence-electron chi connectivity index (χ4n) is 2.84. The predicted molar refractivity (Wildman–Crippen MR) is 92.7 cm³/mol. The van der Waals surface area contributed by atoms with Crippen LogP contribution in [0.2, 0.25) is 5.02 Å². The van der Waals surface area contributed by atoms with E-state index in [0.717, 1.165) is 21.8 Å². The van der Waals surface area contributed by atoms with Crippen molar-refractivity contribution in [3.05, 3.63) is 45.8 Å². The first kappa shape index (κ1) is 15.3. The van der Waals surface area contributed by atoms with Crippen molar-refractivity contribution in [3.8, 4) is 17.3 Å². The third kappa shape index (κ3) is 3.58. The van der Waals surface area contributed by atoms with Crippen LogP contribution in [0.15, 0.2) is 35.7 Å². The number of hydrogen-bond donors (Lipinski definition) is 0. The summed E-state index contributed by atoms with van der Waals surface area (Å²) in [7, 11) is 0. The minimum Gasteiger partial charge on any atom is -0.235 e. The van der Waals surface area contributed by atoms with Crippen LogP contribution in [0, 0.1) is 17.2 Å². The highest BCUT2D eigenvalue weighted by Crippen LogP contribution is 2.31. The molecule has 0 bridgehead atoms. The van der Waals surface area contributed by atoms with Crippen LogP contribution in [0.25, 0.3) is 16.8 Å². The van der Waals surface area contributed by atoms with Gasteiger partial charge in [-0.15, -0.1) is 11.3 Å². The Morgan fingerprint density at radius 1 is 1.23 bits per heavy atom. The number of nitriles is 1. The Bertz CT molecular complexity index is 703. The molecule has 0 N–H and O–H groups in total. The smallest absolute Gasteiger partial charge is 0.134 e. The van der Waals surface area contributed by atoms with E-state index >= 15 is 0 Å². The molecular weight excluding hydrogens is 312 g/mol. The van der Waals surface area contributed by atoms with Gasteiger partial charge < -0.3 is 0 Å². The molecule has 0 spiro atoms. The van der Waals surface area contributed by atoms with Gasteiger partial charge in [0.05, 0.1) is 11.3 Å². The van der Waals surface area contributed by atoms with E-state index in [0.29, 0.717) is 10.9 Å². The molecule has 22 heavy (non-hydrogen) atoms. The molecule has 1 fully saturated rings. The number of aromatic nitrogens is 1. The molecule has 112 valence electrons. The Morgan fingerprint density at radius 2 is 1.95 bits per heavy atom. The maximum Gasteiger partial charge on any atom is 0.134 e. The van der Waals surface area contributed by atoms with Gasteiger partial charge in [0.1, 0.15) is 11.1 Å². The largest absolute Gasteiger partial charge is 0.235 e. The second-order valence-electron chi connectivity index (χ2n) is 5.64. The van der Waals surface area contributed by atoms with E-state index < -0.39 is 0 Å². The van der Waals surface area contributed by atoms with Gasteiger partial charge in [0.2, 0.25) is 0 Å². The van der Waals surface area contributed by atoms with Crippen molar-refractivity contribution in [2.24, 2.45) is 5.92 Å². The lowest BCUT2D eigenvalue weighted by Crippen LogP contribution is -2.03. The molecule has 1 aliphatic rings. The van der Waals surface area contributed by atoms with E-state index in [2.05, 4.69) is 17.1 Å². The molecule has 4 heteroatoms. The Kier molecular flexibility index (Phi) is 4.92. The topological polar surface area (TPSA) is 36.7 Å². The predicted octanol–water partition coefficient (Wildman–Crippen LogP) is 5.95. The Balaban J connectivity index is 1.83. The van der Waals surface area contributed by atoms with Crippen molar-refractivity contribution in [2.75, 3.05) is 0 Å². The quantitative estimate of drug-likeness (QED) is 0.652. The van der Waals surface area contributed by atoms with Gasteiger partial charge in [0.25, 0.3) is 0 Å². The molecule has 1 saturated carbocycles. The summed E-state index contributed by atoms with van der Waals surface area (Å²) in [4.78, 5) is 4.63. The fourth-order valence-corrected chi connectivity index (χ4v) is 3.77. The van der Waals surface area contributed by atoms with Crippen LogP contribution in [-0.2, 0) is 0 Å². The average Bonchev–Trinajstić information content (AvgIpc) is 3.04. The molecule has 1 heterocycles. The Hall–Kier alpha value is -1.63. The lowest BCUT2D eigenvalue weighted by atomic mass is 9.88. The third-order valence-corrected chi connectivity index (χ3v) is 5.17. The van der Waals surface area contributed by atoms with Crippen LogP contribution in [0.1, 0.15) is 37.1 Å². The molecule has 0 atom stereocenters. The van der Waals surface area contributed by atoms with Crippen LogP contribution in [0.5, 0.6) is 0 Å². The highest BCUT2D eigenvalue weighted by Gasteiger charge is 2.15. The van der Waals surface area contributed by atoms with Crippen LogP contribution in [0.3, 0.4) is 0 Å². The molecule has 0 radical (unpaired) electrons. The fraction of sp³-hybridized carbons (Fsp3) is 0.333. The van der Waals surface area contributed by atoms with Crippen LogP contribution in [-0.4, -0.2) is 4.98 Å². The summed E-state index contributed by atoms with van der Waals surface area (Å²) < 4.78 is 0. The van der Waals surface area contributed by atoms with Gasteiger partial charge in [-0.3, -0.25) is 0 Å². The second kappa shape index (κ2) is 7.09. The summed E-state index contributed by atoms with van der Waals surface area (Å²) in [6.45, 7) is 0. The summed E-state index contributed by atoms with van der Waals surface area (Å²) in [5, 5.41) is 13.0. The standard InChI is InChI=1S/C18H17ClN2S/c19-16-8-6-14(7-9-16)17-12-22-18(21-17)15(11-20)10-13-4-2-1-3-5-13/h6-10,12-13H,1-5H2/b15-10+. The van der Waals surface area contributed by atoms with Crippen molar-refractivity contribution in [3.63, 3.8) is 0 Å². The molecule has 1 aromatic carbocycles. The van der Waals surface area contributed by atoms with Gasteiger partial charge >= 0.3 is 0 Å². The normalized spacial score (nSPS) is 16.5. The highest BCUT2D eigenvalue weighted by molar-refractivity contribution is 7.11. The Labute approximate surface area is 140 Å². The maximum atomic E-state index is 9.46. The first-order chi connectivity index (χ1) is 10.8. The summed E-state index contributed by atoms with van der Waals surface area (Å²) >= 11 is 7.45. The number of halogens is 1. The summed E-state index contributed by atoms with van der Waals surface area (Å²) in [5.74, 6) is 0.534. The van der Waals surface area contributed by atoms with E-state index in [-0.39, 0.29) is 0 Å². The first-order valence-corrected chi connectivity index (χ1v) is 8.86. The maximum absolute atomic E-state index is 9.46. The van der Waals surface area contributed by atoms with Gasteiger partial charge in [-0.1, -0.05) is 49.1 Å². The molecule has 2 nitrogen and oxygen atoms in total.